The van der Waals surface area contributed by atoms with Gasteiger partial charge >= 0.3 is 6.61 Å². The summed E-state index contributed by atoms with van der Waals surface area (Å²) in [4.78, 5) is 0. The third-order valence-corrected chi connectivity index (χ3v) is 0.378. The first-order valence-electron chi connectivity index (χ1n) is 1.28. The lowest BCUT2D eigenvalue weighted by molar-refractivity contribution is -0.0547. The molecule has 0 unspecified atom stereocenters. The molecule has 0 atom stereocenters. The van der Waals surface area contributed by atoms with Crippen molar-refractivity contribution in [1.82, 2.24) is 0 Å². The van der Waals surface area contributed by atoms with Gasteiger partial charge in [-0.1, -0.05) is 0 Å². The zero-order chi connectivity index (χ0) is 5.86. The van der Waals surface area contributed by atoms with Crippen LogP contribution in [0.5, 0.6) is 0 Å². The van der Waals surface area contributed by atoms with Gasteiger partial charge in [0.25, 0.3) is 0 Å². The van der Waals surface area contributed by atoms with Crippen molar-refractivity contribution in [2.75, 3.05) is 0 Å². The van der Waals surface area contributed by atoms with Crippen LogP contribution in [0.4, 0.5) is 8.78 Å². The van der Waals surface area contributed by atoms with E-state index in [4.69, 9.17) is 0 Å². The first-order chi connectivity index (χ1) is 3.13. The summed E-state index contributed by atoms with van der Waals surface area (Å²) in [7, 11) is 0. The van der Waals surface area contributed by atoms with Crippen LogP contribution in [-0.2, 0) is 17.4 Å². The molecule has 0 N–H and O–H groups in total. The van der Waals surface area contributed by atoms with Gasteiger partial charge in [-0.25, -0.2) is 0 Å². The highest BCUT2D eigenvalue weighted by atomic mass is 32.1. The van der Waals surface area contributed by atoms with Crippen molar-refractivity contribution in [3.8, 4) is 0 Å². The third-order valence-electron chi connectivity index (χ3n) is 0.185. The number of thiocarbonyl (C=S) groups is 1. The standard InChI is InChI=1S/C2H2F2OS2/c3-1(4)5-2(6)7/h1H,(H,6,7)/p-1. The van der Waals surface area contributed by atoms with Gasteiger partial charge in [0.2, 0.25) is 0 Å². The van der Waals surface area contributed by atoms with Crippen LogP contribution in [-0.4, -0.2) is 11.0 Å². The maximum Gasteiger partial charge on any atom is 0.386 e. The van der Waals surface area contributed by atoms with E-state index in [1.54, 1.807) is 0 Å². The molecule has 0 heterocycles. The number of rotatable bonds is 1. The Morgan fingerprint density at radius 3 is 2.14 bits per heavy atom. The Bertz CT molecular complexity index is 74.1. The van der Waals surface area contributed by atoms with Crippen molar-refractivity contribution in [2.24, 2.45) is 0 Å². The summed E-state index contributed by atoms with van der Waals surface area (Å²) < 4.78 is 24.7. The number of hydrogen-bond acceptors (Lipinski definition) is 3. The predicted octanol–water partition coefficient (Wildman–Crippen LogP) is 1.06. The summed E-state index contributed by atoms with van der Waals surface area (Å²) in [5, 5.41) is 0. The Balaban J connectivity index is 3.13. The Hall–Kier alpha value is -0.0300. The SMILES string of the molecule is FC(F)OC(=S)[S-]. The van der Waals surface area contributed by atoms with Gasteiger partial charge in [0.1, 0.15) is 0 Å². The molecule has 0 aromatic heterocycles. The summed E-state index contributed by atoms with van der Waals surface area (Å²) in [5.74, 6) is 0. The topological polar surface area (TPSA) is 9.23 Å². The third kappa shape index (κ3) is 5.97. The average Bonchev–Trinajstić information content (AvgIpc) is 1.27. The first-order valence-corrected chi connectivity index (χ1v) is 2.10. The number of alkyl halides is 2. The van der Waals surface area contributed by atoms with Gasteiger partial charge < -0.3 is 29.6 Å². The molecule has 1 nitrogen and oxygen atoms in total. The maximum absolute atomic E-state index is 10.9. The molecular formula is C2HF2OS2-. The summed E-state index contributed by atoms with van der Waals surface area (Å²) >= 11 is 7.97. The normalized spacial score (nSPS) is 9.00. The molecule has 7 heavy (non-hydrogen) atoms. The minimum absolute atomic E-state index is 0.546. The van der Waals surface area contributed by atoms with E-state index in [9.17, 15) is 8.78 Å². The lowest BCUT2D eigenvalue weighted by atomic mass is 11.4. The molecule has 0 amide bonds. The van der Waals surface area contributed by atoms with E-state index in [-0.39, 0.29) is 0 Å². The lowest BCUT2D eigenvalue weighted by Crippen LogP contribution is -2.02. The highest BCUT2D eigenvalue weighted by Gasteiger charge is 1.95. The van der Waals surface area contributed by atoms with Gasteiger partial charge in [0, 0.05) is 4.38 Å². The van der Waals surface area contributed by atoms with Crippen LogP contribution in [0.1, 0.15) is 0 Å². The number of halogens is 2. The molecule has 0 radical (unpaired) electrons. The molecule has 0 aromatic carbocycles. The predicted molar refractivity (Wildman–Crippen MR) is 27.1 cm³/mol. The minimum Gasteiger partial charge on any atom is -0.456 e. The molecule has 0 spiro atoms. The summed E-state index contributed by atoms with van der Waals surface area (Å²) in [6.07, 6.45) is 0. The van der Waals surface area contributed by atoms with Gasteiger partial charge in [-0.15, -0.1) is 0 Å². The van der Waals surface area contributed by atoms with Crippen LogP contribution in [0.25, 0.3) is 0 Å². The van der Waals surface area contributed by atoms with Crippen LogP contribution in [0.2, 0.25) is 0 Å². The van der Waals surface area contributed by atoms with Crippen LogP contribution in [0.15, 0.2) is 0 Å². The van der Waals surface area contributed by atoms with E-state index in [1.807, 2.05) is 0 Å². The molecule has 0 fully saturated rings. The second-order valence-corrected chi connectivity index (χ2v) is 1.63. The molecule has 0 aliphatic heterocycles. The van der Waals surface area contributed by atoms with Crippen molar-refractivity contribution >= 4 is 29.2 Å². The van der Waals surface area contributed by atoms with Crippen molar-refractivity contribution < 1.29 is 13.5 Å². The zero-order valence-electron chi connectivity index (χ0n) is 3.06. The molecule has 0 aliphatic rings. The van der Waals surface area contributed by atoms with Crippen molar-refractivity contribution in [3.05, 3.63) is 0 Å². The molecule has 5 heteroatoms. The van der Waals surface area contributed by atoms with Gasteiger partial charge in [0.15, 0.2) is 0 Å². The fraction of sp³-hybridized carbons (Fsp3) is 0.500. The summed E-state index contributed by atoms with van der Waals surface area (Å²) in [6.45, 7) is -2.87. The highest BCUT2D eigenvalue weighted by Crippen LogP contribution is 1.93. The van der Waals surface area contributed by atoms with E-state index < -0.39 is 11.0 Å². The maximum atomic E-state index is 10.9. The van der Waals surface area contributed by atoms with Gasteiger partial charge in [-0.3, -0.25) is 0 Å². The van der Waals surface area contributed by atoms with Gasteiger partial charge in [-0.2, -0.15) is 8.78 Å². The van der Waals surface area contributed by atoms with E-state index >= 15 is 0 Å². The van der Waals surface area contributed by atoms with Crippen molar-refractivity contribution in [2.45, 2.75) is 6.61 Å². The molecule has 0 aliphatic carbocycles. The minimum atomic E-state index is -2.87. The van der Waals surface area contributed by atoms with Crippen LogP contribution in [0.3, 0.4) is 0 Å². The van der Waals surface area contributed by atoms with Gasteiger partial charge in [-0.05, 0) is 0 Å². The number of ether oxygens (including phenoxy) is 1. The van der Waals surface area contributed by atoms with E-state index in [2.05, 4.69) is 29.6 Å². The fourth-order valence-corrected chi connectivity index (χ4v) is 0.218. The first kappa shape index (κ1) is 6.97. The summed E-state index contributed by atoms with van der Waals surface area (Å²) in [5.41, 5.74) is 0. The second kappa shape index (κ2) is 3.04. The average molecular weight is 143 g/mol. The molecule has 0 saturated carbocycles. The Morgan fingerprint density at radius 2 is 2.14 bits per heavy atom. The molecule has 0 aromatic rings. The smallest absolute Gasteiger partial charge is 0.386 e. The summed E-state index contributed by atoms with van der Waals surface area (Å²) in [6, 6.07) is 0. The molecular weight excluding hydrogens is 142 g/mol. The van der Waals surface area contributed by atoms with E-state index in [1.165, 1.54) is 0 Å². The van der Waals surface area contributed by atoms with Crippen molar-refractivity contribution in [3.63, 3.8) is 0 Å². The van der Waals surface area contributed by atoms with E-state index in [0.29, 0.717) is 0 Å². The van der Waals surface area contributed by atoms with Crippen LogP contribution in [0, 0.1) is 0 Å². The molecule has 0 bridgehead atoms. The Kier molecular flexibility index (Phi) is 3.02. The van der Waals surface area contributed by atoms with Gasteiger partial charge in [0.05, 0.1) is 0 Å². The molecule has 0 saturated heterocycles. The quantitative estimate of drug-likeness (QED) is 0.401. The number of hydrogen-bond donors (Lipinski definition) is 0. The fourth-order valence-electron chi connectivity index (χ4n) is 0.0727. The molecule has 42 valence electrons. The highest BCUT2D eigenvalue weighted by molar-refractivity contribution is 7.99. The second-order valence-electron chi connectivity index (χ2n) is 0.629. The van der Waals surface area contributed by atoms with E-state index in [0.717, 1.165) is 0 Å². The largest absolute Gasteiger partial charge is 0.456 e. The Morgan fingerprint density at radius 1 is 1.71 bits per heavy atom. The van der Waals surface area contributed by atoms with Crippen LogP contribution < -0.4 is 0 Å². The van der Waals surface area contributed by atoms with Crippen LogP contribution >= 0.6 is 12.2 Å². The monoisotopic (exact) mass is 143 g/mol. The zero-order valence-corrected chi connectivity index (χ0v) is 4.69. The Labute approximate surface area is 50.1 Å². The molecule has 0 rings (SSSR count). The van der Waals surface area contributed by atoms with Crippen molar-refractivity contribution in [1.29, 1.82) is 0 Å². The lowest BCUT2D eigenvalue weighted by Gasteiger charge is -2.04.